The molecule has 2 rings (SSSR count). The highest BCUT2D eigenvalue weighted by Gasteiger charge is 2.12. The predicted octanol–water partition coefficient (Wildman–Crippen LogP) is 4.58. The second-order valence-electron chi connectivity index (χ2n) is 4.61. The average Bonchev–Trinajstić information content (AvgIpc) is 2.38. The maximum atomic E-state index is 6.03. The van der Waals surface area contributed by atoms with Gasteiger partial charge in [0.25, 0.3) is 0 Å². The average molecular weight is 295 g/mol. The second kappa shape index (κ2) is 6.38. The van der Waals surface area contributed by atoms with Crippen LogP contribution in [0.15, 0.2) is 42.6 Å². The molecule has 0 aliphatic heterocycles. The highest BCUT2D eigenvalue weighted by atomic mass is 35.5. The Morgan fingerprint density at radius 1 is 1.16 bits per heavy atom. The normalized spacial score (nSPS) is 12.7. The van der Waals surface area contributed by atoms with Crippen LogP contribution < -0.4 is 0 Å². The Morgan fingerprint density at radius 3 is 2.58 bits per heavy atom. The molecule has 0 bridgehead atoms. The fourth-order valence-corrected chi connectivity index (χ4v) is 2.33. The lowest BCUT2D eigenvalue weighted by atomic mass is 10.1. The molecule has 100 valence electrons. The minimum absolute atomic E-state index is 0.263. The molecule has 0 saturated carbocycles. The van der Waals surface area contributed by atoms with Crippen LogP contribution in [0, 0.1) is 0 Å². The summed E-state index contributed by atoms with van der Waals surface area (Å²) in [4.78, 5) is 6.53. The fraction of sp³-hybridized carbons (Fsp3) is 0.267. The Bertz CT molecular complexity index is 557. The molecule has 0 spiro atoms. The number of hydrogen-bond acceptors (Lipinski definition) is 2. The van der Waals surface area contributed by atoms with Crippen LogP contribution in [-0.2, 0) is 6.54 Å². The van der Waals surface area contributed by atoms with Crippen molar-refractivity contribution in [3.63, 3.8) is 0 Å². The largest absolute Gasteiger partial charge is 0.294 e. The molecule has 0 fully saturated rings. The van der Waals surface area contributed by atoms with Gasteiger partial charge >= 0.3 is 0 Å². The summed E-state index contributed by atoms with van der Waals surface area (Å²) in [6, 6.07) is 11.9. The summed E-state index contributed by atoms with van der Waals surface area (Å²) in [5.74, 6) is 0. The van der Waals surface area contributed by atoms with E-state index < -0.39 is 0 Å². The van der Waals surface area contributed by atoms with Crippen molar-refractivity contribution in [3.05, 3.63) is 63.9 Å². The van der Waals surface area contributed by atoms with Gasteiger partial charge in [-0.15, -0.1) is 0 Å². The zero-order chi connectivity index (χ0) is 13.8. The van der Waals surface area contributed by atoms with E-state index >= 15 is 0 Å². The summed E-state index contributed by atoms with van der Waals surface area (Å²) >= 11 is 12.0. The molecule has 1 aromatic carbocycles. The minimum Gasteiger partial charge on any atom is -0.294 e. The number of pyridine rings is 1. The molecule has 0 N–H and O–H groups in total. The molecule has 1 aromatic heterocycles. The van der Waals surface area contributed by atoms with Crippen LogP contribution in [0.4, 0.5) is 0 Å². The van der Waals surface area contributed by atoms with Gasteiger partial charge in [0.2, 0.25) is 0 Å². The van der Waals surface area contributed by atoms with Crippen molar-refractivity contribution < 1.29 is 0 Å². The molecule has 1 unspecified atom stereocenters. The molecular weight excluding hydrogens is 279 g/mol. The van der Waals surface area contributed by atoms with Crippen LogP contribution in [0.25, 0.3) is 0 Å². The Balaban J connectivity index is 2.09. The van der Waals surface area contributed by atoms with E-state index in [-0.39, 0.29) is 6.04 Å². The first-order valence-electron chi connectivity index (χ1n) is 6.12. The molecule has 2 nitrogen and oxygen atoms in total. The molecule has 1 heterocycles. The zero-order valence-corrected chi connectivity index (χ0v) is 12.5. The van der Waals surface area contributed by atoms with E-state index in [2.05, 4.69) is 29.9 Å². The van der Waals surface area contributed by atoms with Crippen LogP contribution in [0.1, 0.15) is 24.2 Å². The maximum absolute atomic E-state index is 6.03. The number of halogens is 2. The van der Waals surface area contributed by atoms with Crippen molar-refractivity contribution in [2.75, 3.05) is 7.05 Å². The van der Waals surface area contributed by atoms with Crippen LogP contribution in [-0.4, -0.2) is 16.9 Å². The molecule has 4 heteroatoms. The van der Waals surface area contributed by atoms with Gasteiger partial charge < -0.3 is 0 Å². The van der Waals surface area contributed by atoms with Crippen molar-refractivity contribution in [2.45, 2.75) is 19.5 Å². The topological polar surface area (TPSA) is 16.1 Å². The van der Waals surface area contributed by atoms with Gasteiger partial charge in [0.15, 0.2) is 0 Å². The van der Waals surface area contributed by atoms with E-state index in [4.69, 9.17) is 23.2 Å². The van der Waals surface area contributed by atoms with Gasteiger partial charge in [-0.05, 0) is 43.8 Å². The predicted molar refractivity (Wildman–Crippen MR) is 80.6 cm³/mol. The smallest absolute Gasteiger partial charge is 0.0558 e. The van der Waals surface area contributed by atoms with Crippen molar-refractivity contribution in [2.24, 2.45) is 0 Å². The van der Waals surface area contributed by atoms with Crippen LogP contribution in [0.5, 0.6) is 0 Å². The first-order valence-corrected chi connectivity index (χ1v) is 6.88. The van der Waals surface area contributed by atoms with Crippen LogP contribution in [0.3, 0.4) is 0 Å². The Morgan fingerprint density at radius 2 is 1.89 bits per heavy atom. The summed E-state index contributed by atoms with van der Waals surface area (Å²) in [7, 11) is 2.06. The molecule has 0 aliphatic carbocycles. The van der Waals surface area contributed by atoms with Crippen molar-refractivity contribution in [1.29, 1.82) is 0 Å². The molecule has 0 radical (unpaired) electrons. The van der Waals surface area contributed by atoms with E-state index in [1.165, 1.54) is 5.56 Å². The second-order valence-corrected chi connectivity index (χ2v) is 5.48. The summed E-state index contributed by atoms with van der Waals surface area (Å²) in [6.45, 7) is 2.89. The quantitative estimate of drug-likeness (QED) is 0.820. The summed E-state index contributed by atoms with van der Waals surface area (Å²) < 4.78 is 0. The van der Waals surface area contributed by atoms with E-state index in [0.717, 1.165) is 17.3 Å². The first-order chi connectivity index (χ1) is 9.06. The van der Waals surface area contributed by atoms with E-state index in [1.807, 2.05) is 24.3 Å². The van der Waals surface area contributed by atoms with Gasteiger partial charge in [-0.2, -0.15) is 0 Å². The van der Waals surface area contributed by atoms with E-state index in [1.54, 1.807) is 12.3 Å². The van der Waals surface area contributed by atoms with Crippen molar-refractivity contribution in [1.82, 2.24) is 9.88 Å². The third-order valence-electron chi connectivity index (χ3n) is 3.18. The Kier molecular flexibility index (Phi) is 4.81. The van der Waals surface area contributed by atoms with Crippen LogP contribution in [0.2, 0.25) is 10.0 Å². The molecule has 2 aromatic rings. The van der Waals surface area contributed by atoms with Gasteiger partial charge in [-0.1, -0.05) is 35.3 Å². The number of hydrogen-bond donors (Lipinski definition) is 0. The highest BCUT2D eigenvalue weighted by molar-refractivity contribution is 6.30. The zero-order valence-electron chi connectivity index (χ0n) is 11.0. The van der Waals surface area contributed by atoms with E-state index in [9.17, 15) is 0 Å². The molecule has 0 amide bonds. The Labute approximate surface area is 124 Å². The number of rotatable bonds is 4. The summed E-state index contributed by atoms with van der Waals surface area (Å²) in [6.07, 6.45) is 1.73. The van der Waals surface area contributed by atoms with Gasteiger partial charge in [0, 0.05) is 28.8 Å². The molecular formula is C15H16Cl2N2. The van der Waals surface area contributed by atoms with Gasteiger partial charge in [-0.25, -0.2) is 0 Å². The number of benzene rings is 1. The lowest BCUT2D eigenvalue weighted by Gasteiger charge is -2.24. The van der Waals surface area contributed by atoms with Crippen molar-refractivity contribution >= 4 is 23.2 Å². The lowest BCUT2D eigenvalue weighted by Crippen LogP contribution is -2.22. The summed E-state index contributed by atoms with van der Waals surface area (Å²) in [5, 5.41) is 1.48. The van der Waals surface area contributed by atoms with Crippen molar-refractivity contribution in [3.8, 4) is 0 Å². The van der Waals surface area contributed by atoms with Gasteiger partial charge in [-0.3, -0.25) is 9.88 Å². The maximum Gasteiger partial charge on any atom is 0.0558 e. The first kappa shape index (κ1) is 14.3. The van der Waals surface area contributed by atoms with E-state index in [0.29, 0.717) is 5.02 Å². The number of aromatic nitrogens is 1. The molecule has 1 atom stereocenters. The SMILES string of the molecule is CC(c1cccc(Cl)c1)N(C)Cc1cc(Cl)ccn1. The highest BCUT2D eigenvalue weighted by Crippen LogP contribution is 2.23. The standard InChI is InChI=1S/C15H16Cl2N2/c1-11(12-4-3-5-13(16)8-12)19(2)10-15-9-14(17)6-7-18-15/h3-9,11H,10H2,1-2H3. The summed E-state index contributed by atoms with van der Waals surface area (Å²) in [5.41, 5.74) is 2.15. The lowest BCUT2D eigenvalue weighted by molar-refractivity contribution is 0.250. The third kappa shape index (κ3) is 3.93. The fourth-order valence-electron chi connectivity index (χ4n) is 1.95. The molecule has 0 aliphatic rings. The van der Waals surface area contributed by atoms with Gasteiger partial charge in [0.05, 0.1) is 5.69 Å². The third-order valence-corrected chi connectivity index (χ3v) is 3.65. The van der Waals surface area contributed by atoms with Gasteiger partial charge in [0.1, 0.15) is 0 Å². The minimum atomic E-state index is 0.263. The monoisotopic (exact) mass is 294 g/mol. The molecule has 19 heavy (non-hydrogen) atoms. The van der Waals surface area contributed by atoms with Crippen LogP contribution >= 0.6 is 23.2 Å². The number of nitrogens with zero attached hydrogens (tertiary/aromatic N) is 2. The molecule has 0 saturated heterocycles. The Hall–Kier alpha value is -1.09.